The van der Waals surface area contributed by atoms with E-state index in [1.54, 1.807) is 6.07 Å². The minimum atomic E-state index is 0.0549. The summed E-state index contributed by atoms with van der Waals surface area (Å²) in [7, 11) is 0. The third-order valence-electron chi connectivity index (χ3n) is 2.55. The van der Waals surface area contributed by atoms with Crippen LogP contribution in [0.15, 0.2) is 12.4 Å². The molecule has 2 atom stereocenters. The van der Waals surface area contributed by atoms with Crippen molar-refractivity contribution in [3.05, 3.63) is 12.4 Å². The molecule has 0 aromatic carbocycles. The van der Waals surface area contributed by atoms with Crippen molar-refractivity contribution < 1.29 is 14.2 Å². The second kappa shape index (κ2) is 6.51. The second-order valence-corrected chi connectivity index (χ2v) is 4.17. The Bertz CT molecular complexity index is 375. The zero-order chi connectivity index (χ0) is 12.8. The van der Waals surface area contributed by atoms with Crippen LogP contribution in [0.1, 0.15) is 13.8 Å². The molecule has 0 radical (unpaired) electrons. The van der Waals surface area contributed by atoms with E-state index >= 15 is 0 Å². The smallest absolute Gasteiger partial charge is 0.220 e. The van der Waals surface area contributed by atoms with Gasteiger partial charge in [0.05, 0.1) is 18.8 Å². The normalized spacial score (nSPS) is 23.7. The molecular formula is C12H19N3O3. The number of morpholine rings is 1. The van der Waals surface area contributed by atoms with E-state index in [0.717, 1.165) is 13.1 Å². The molecule has 0 spiro atoms. The lowest BCUT2D eigenvalue weighted by Crippen LogP contribution is -2.45. The number of ether oxygens (including phenoxy) is 3. The van der Waals surface area contributed by atoms with Gasteiger partial charge in [0.25, 0.3) is 0 Å². The van der Waals surface area contributed by atoms with Gasteiger partial charge in [-0.25, -0.2) is 9.97 Å². The summed E-state index contributed by atoms with van der Waals surface area (Å²) in [5, 5.41) is 3.29. The summed E-state index contributed by atoms with van der Waals surface area (Å²) in [5.41, 5.74) is 0. The van der Waals surface area contributed by atoms with Crippen LogP contribution in [0.4, 0.5) is 0 Å². The van der Waals surface area contributed by atoms with Gasteiger partial charge in [0, 0.05) is 13.1 Å². The van der Waals surface area contributed by atoms with Crippen LogP contribution in [0.5, 0.6) is 11.8 Å². The molecule has 2 heterocycles. The molecule has 0 aliphatic carbocycles. The zero-order valence-electron chi connectivity index (χ0n) is 10.8. The summed E-state index contributed by atoms with van der Waals surface area (Å²) in [5.74, 6) is 1.04. The van der Waals surface area contributed by atoms with E-state index in [1.165, 1.54) is 6.33 Å². The molecule has 0 bridgehead atoms. The van der Waals surface area contributed by atoms with Crippen molar-refractivity contribution in [1.82, 2.24) is 15.3 Å². The summed E-state index contributed by atoms with van der Waals surface area (Å²) in [6, 6.07) is 1.68. The lowest BCUT2D eigenvalue weighted by Gasteiger charge is -2.28. The Morgan fingerprint density at radius 1 is 1.33 bits per heavy atom. The molecule has 18 heavy (non-hydrogen) atoms. The average Bonchev–Trinajstić information content (AvgIpc) is 2.37. The van der Waals surface area contributed by atoms with Gasteiger partial charge in [0.1, 0.15) is 19.0 Å². The van der Waals surface area contributed by atoms with Gasteiger partial charge in [-0.2, -0.15) is 0 Å². The van der Waals surface area contributed by atoms with Gasteiger partial charge in [0.15, 0.2) is 0 Å². The SMILES string of the molecule is CCOc1cc(OCC2CNCC(C)O2)ncn1. The van der Waals surface area contributed by atoms with Gasteiger partial charge in [-0.1, -0.05) is 0 Å². The number of rotatable bonds is 5. The van der Waals surface area contributed by atoms with Crippen LogP contribution in [0.25, 0.3) is 0 Å². The maximum absolute atomic E-state index is 5.72. The highest BCUT2D eigenvalue weighted by Gasteiger charge is 2.19. The van der Waals surface area contributed by atoms with E-state index < -0.39 is 0 Å². The summed E-state index contributed by atoms with van der Waals surface area (Å²) in [6.45, 7) is 6.68. The molecular weight excluding hydrogens is 234 g/mol. The minimum Gasteiger partial charge on any atom is -0.478 e. The molecule has 100 valence electrons. The van der Waals surface area contributed by atoms with Crippen molar-refractivity contribution in [2.45, 2.75) is 26.1 Å². The first-order chi connectivity index (χ1) is 8.78. The molecule has 1 aromatic rings. The highest BCUT2D eigenvalue weighted by atomic mass is 16.5. The van der Waals surface area contributed by atoms with E-state index in [4.69, 9.17) is 14.2 Å². The zero-order valence-corrected chi connectivity index (χ0v) is 10.8. The number of aromatic nitrogens is 2. The fourth-order valence-corrected chi connectivity index (χ4v) is 1.78. The van der Waals surface area contributed by atoms with Gasteiger partial charge in [-0.15, -0.1) is 0 Å². The molecule has 1 saturated heterocycles. The number of nitrogens with one attached hydrogen (secondary N) is 1. The first-order valence-electron chi connectivity index (χ1n) is 6.21. The van der Waals surface area contributed by atoms with Gasteiger partial charge >= 0.3 is 0 Å². The van der Waals surface area contributed by atoms with Crippen molar-refractivity contribution in [1.29, 1.82) is 0 Å². The first kappa shape index (κ1) is 13.0. The quantitative estimate of drug-likeness (QED) is 0.830. The third kappa shape index (κ3) is 3.82. The largest absolute Gasteiger partial charge is 0.478 e. The molecule has 6 nitrogen and oxygen atoms in total. The van der Waals surface area contributed by atoms with Gasteiger partial charge in [0.2, 0.25) is 11.8 Å². The Balaban J connectivity index is 1.83. The van der Waals surface area contributed by atoms with Crippen molar-refractivity contribution in [3.63, 3.8) is 0 Å². The number of nitrogens with zero attached hydrogens (tertiary/aromatic N) is 2. The lowest BCUT2D eigenvalue weighted by atomic mass is 10.2. The van der Waals surface area contributed by atoms with Gasteiger partial charge in [-0.05, 0) is 13.8 Å². The molecule has 0 amide bonds. The standard InChI is InChI=1S/C12H19N3O3/c1-3-16-11-4-12(15-8-14-11)17-7-10-6-13-5-9(2)18-10/h4,8-10,13H,3,5-7H2,1-2H3. The highest BCUT2D eigenvalue weighted by molar-refractivity contribution is 5.18. The lowest BCUT2D eigenvalue weighted by molar-refractivity contribution is -0.0477. The minimum absolute atomic E-state index is 0.0549. The Kier molecular flexibility index (Phi) is 4.72. The Labute approximate surface area is 107 Å². The van der Waals surface area contributed by atoms with Crippen LogP contribution in [0, 0.1) is 0 Å². The Hall–Kier alpha value is -1.40. The molecule has 2 unspecified atom stereocenters. The third-order valence-corrected chi connectivity index (χ3v) is 2.55. The molecule has 1 aliphatic rings. The average molecular weight is 253 g/mol. The maximum atomic E-state index is 5.72. The second-order valence-electron chi connectivity index (χ2n) is 4.17. The summed E-state index contributed by atoms with van der Waals surface area (Å²) in [4.78, 5) is 8.01. The van der Waals surface area contributed by atoms with E-state index in [0.29, 0.717) is 25.0 Å². The van der Waals surface area contributed by atoms with Crippen LogP contribution < -0.4 is 14.8 Å². The number of hydrogen-bond acceptors (Lipinski definition) is 6. The van der Waals surface area contributed by atoms with Crippen molar-refractivity contribution >= 4 is 0 Å². The molecule has 2 rings (SSSR count). The molecule has 1 aromatic heterocycles. The van der Waals surface area contributed by atoms with Crippen molar-refractivity contribution in [2.75, 3.05) is 26.3 Å². The fraction of sp³-hybridized carbons (Fsp3) is 0.667. The highest BCUT2D eigenvalue weighted by Crippen LogP contribution is 2.14. The fourth-order valence-electron chi connectivity index (χ4n) is 1.78. The van der Waals surface area contributed by atoms with Crippen molar-refractivity contribution in [2.24, 2.45) is 0 Å². The molecule has 0 saturated carbocycles. The predicted molar refractivity (Wildman–Crippen MR) is 65.9 cm³/mol. The Morgan fingerprint density at radius 3 is 2.83 bits per heavy atom. The first-order valence-corrected chi connectivity index (χ1v) is 6.21. The topological polar surface area (TPSA) is 65.5 Å². The molecule has 6 heteroatoms. The van der Waals surface area contributed by atoms with Crippen LogP contribution in [-0.2, 0) is 4.74 Å². The van der Waals surface area contributed by atoms with Gasteiger partial charge < -0.3 is 19.5 Å². The molecule has 1 fully saturated rings. The predicted octanol–water partition coefficient (Wildman–Crippen LogP) is 0.631. The summed E-state index contributed by atoms with van der Waals surface area (Å²) >= 11 is 0. The number of hydrogen-bond donors (Lipinski definition) is 1. The van der Waals surface area contributed by atoms with E-state index in [2.05, 4.69) is 15.3 Å². The van der Waals surface area contributed by atoms with Crippen LogP contribution in [-0.4, -0.2) is 48.5 Å². The van der Waals surface area contributed by atoms with E-state index in [-0.39, 0.29) is 12.2 Å². The van der Waals surface area contributed by atoms with Gasteiger partial charge in [-0.3, -0.25) is 0 Å². The van der Waals surface area contributed by atoms with E-state index in [1.807, 2.05) is 13.8 Å². The van der Waals surface area contributed by atoms with E-state index in [9.17, 15) is 0 Å². The van der Waals surface area contributed by atoms with Crippen LogP contribution in [0.2, 0.25) is 0 Å². The molecule has 1 N–H and O–H groups in total. The van der Waals surface area contributed by atoms with Crippen molar-refractivity contribution in [3.8, 4) is 11.8 Å². The summed E-state index contributed by atoms with van der Waals surface area (Å²) < 4.78 is 16.6. The Morgan fingerprint density at radius 2 is 2.11 bits per heavy atom. The summed E-state index contributed by atoms with van der Waals surface area (Å²) in [6.07, 6.45) is 1.71. The molecule has 1 aliphatic heterocycles. The maximum Gasteiger partial charge on any atom is 0.220 e. The van der Waals surface area contributed by atoms with Crippen LogP contribution in [0.3, 0.4) is 0 Å². The van der Waals surface area contributed by atoms with Crippen LogP contribution >= 0.6 is 0 Å². The monoisotopic (exact) mass is 253 g/mol.